The average molecular weight is 223 g/mol. The first-order valence-electron chi connectivity index (χ1n) is 6.24. The van der Waals surface area contributed by atoms with Crippen LogP contribution in [0.5, 0.6) is 0 Å². The van der Waals surface area contributed by atoms with Gasteiger partial charge in [0.05, 0.1) is 0 Å². The van der Waals surface area contributed by atoms with Crippen molar-refractivity contribution in [3.8, 4) is 0 Å². The average Bonchev–Trinajstić information content (AvgIpc) is 2.66. The predicted molar refractivity (Wildman–Crippen MR) is 69.5 cm³/mol. The van der Waals surface area contributed by atoms with Crippen LogP contribution in [0.25, 0.3) is 0 Å². The van der Waals surface area contributed by atoms with Gasteiger partial charge in [0.15, 0.2) is 0 Å². The van der Waals surface area contributed by atoms with Gasteiger partial charge in [-0.05, 0) is 32.1 Å². The smallest absolute Gasteiger partial charge is 0.0359 e. The molecule has 1 aromatic rings. The van der Waals surface area contributed by atoms with E-state index in [0.717, 1.165) is 26.2 Å². The molecule has 0 aromatic carbocycles. The Hall–Kier alpha value is -0.800. The number of rotatable bonds is 7. The summed E-state index contributed by atoms with van der Waals surface area (Å²) in [7, 11) is 2.09. The van der Waals surface area contributed by atoms with Gasteiger partial charge in [-0.2, -0.15) is 0 Å². The van der Waals surface area contributed by atoms with Gasteiger partial charge < -0.3 is 9.88 Å². The molecule has 0 saturated heterocycles. The zero-order chi connectivity index (χ0) is 12.0. The highest BCUT2D eigenvalue weighted by Gasteiger charge is 2.08. The van der Waals surface area contributed by atoms with Crippen LogP contribution in [-0.4, -0.2) is 35.1 Å². The second-order valence-corrected chi connectivity index (χ2v) is 4.31. The first-order valence-corrected chi connectivity index (χ1v) is 6.24. The maximum atomic E-state index is 3.51. The monoisotopic (exact) mass is 223 g/mol. The van der Waals surface area contributed by atoms with Gasteiger partial charge in [-0.3, -0.25) is 4.90 Å². The van der Waals surface area contributed by atoms with Gasteiger partial charge in [-0.1, -0.05) is 13.8 Å². The van der Waals surface area contributed by atoms with Crippen LogP contribution in [0.1, 0.15) is 26.5 Å². The third-order valence-electron chi connectivity index (χ3n) is 3.23. The Balaban J connectivity index is 2.27. The largest absolute Gasteiger partial charge is 0.353 e. The lowest BCUT2D eigenvalue weighted by molar-refractivity contribution is 0.225. The molecule has 0 aliphatic rings. The number of aryl methyl sites for hydroxylation is 1. The topological polar surface area (TPSA) is 20.2 Å². The van der Waals surface area contributed by atoms with Crippen LogP contribution in [0, 0.1) is 0 Å². The van der Waals surface area contributed by atoms with Crippen molar-refractivity contribution < 1.29 is 0 Å². The molecule has 1 heterocycles. The zero-order valence-electron chi connectivity index (χ0n) is 11.0. The summed E-state index contributed by atoms with van der Waals surface area (Å²) in [6, 6.07) is 4.86. The molecule has 0 amide bonds. The number of likely N-dealkylation sites (N-methyl/N-ethyl adjacent to an activating group) is 1. The Morgan fingerprint density at radius 3 is 2.56 bits per heavy atom. The summed E-state index contributed by atoms with van der Waals surface area (Å²) < 4.78 is 2.16. The molecule has 1 N–H and O–H groups in total. The van der Waals surface area contributed by atoms with E-state index in [-0.39, 0.29) is 0 Å². The van der Waals surface area contributed by atoms with Gasteiger partial charge >= 0.3 is 0 Å². The number of hydrogen-bond donors (Lipinski definition) is 1. The van der Waals surface area contributed by atoms with E-state index in [9.17, 15) is 0 Å². The first kappa shape index (κ1) is 13.3. The van der Waals surface area contributed by atoms with Gasteiger partial charge in [0, 0.05) is 38.1 Å². The predicted octanol–water partition coefficient (Wildman–Crippen LogP) is 1.84. The molecule has 16 heavy (non-hydrogen) atoms. The van der Waals surface area contributed by atoms with Gasteiger partial charge in [0.1, 0.15) is 0 Å². The first-order chi connectivity index (χ1) is 7.69. The minimum atomic E-state index is 0.607. The molecule has 0 aliphatic heterocycles. The van der Waals surface area contributed by atoms with Gasteiger partial charge in [0.25, 0.3) is 0 Å². The second-order valence-electron chi connectivity index (χ2n) is 4.31. The van der Waals surface area contributed by atoms with Crippen LogP contribution >= 0.6 is 0 Å². The maximum Gasteiger partial charge on any atom is 0.0359 e. The normalized spacial score (nSPS) is 13.3. The fraction of sp³-hybridized carbons (Fsp3) is 0.692. The highest BCUT2D eigenvalue weighted by molar-refractivity contribution is 5.05. The van der Waals surface area contributed by atoms with E-state index < -0.39 is 0 Å². The maximum absolute atomic E-state index is 3.51. The van der Waals surface area contributed by atoms with Gasteiger partial charge in [0.2, 0.25) is 0 Å². The van der Waals surface area contributed by atoms with Crippen molar-refractivity contribution in [3.63, 3.8) is 0 Å². The molecule has 1 atom stereocenters. The Kier molecular flexibility index (Phi) is 5.56. The standard InChI is InChI=1S/C13H25N3/c1-5-16(6-2)12(3)10-14-11-13-8-7-9-15(13)4/h7-9,12,14H,5-6,10-11H2,1-4H3. The molecule has 3 nitrogen and oxygen atoms in total. The molecule has 0 radical (unpaired) electrons. The van der Waals surface area contributed by atoms with E-state index in [1.54, 1.807) is 0 Å². The quantitative estimate of drug-likeness (QED) is 0.761. The lowest BCUT2D eigenvalue weighted by atomic mass is 10.2. The van der Waals surface area contributed by atoms with E-state index >= 15 is 0 Å². The van der Waals surface area contributed by atoms with Crippen molar-refractivity contribution in [2.24, 2.45) is 7.05 Å². The minimum Gasteiger partial charge on any atom is -0.353 e. The van der Waals surface area contributed by atoms with Crippen LogP contribution in [0.2, 0.25) is 0 Å². The van der Waals surface area contributed by atoms with Crippen molar-refractivity contribution in [1.82, 2.24) is 14.8 Å². The lowest BCUT2D eigenvalue weighted by Crippen LogP contribution is -2.40. The zero-order valence-corrected chi connectivity index (χ0v) is 11.0. The molecule has 0 spiro atoms. The van der Waals surface area contributed by atoms with Gasteiger partial charge in [-0.25, -0.2) is 0 Å². The minimum absolute atomic E-state index is 0.607. The Bertz CT molecular complexity index is 289. The van der Waals surface area contributed by atoms with Crippen molar-refractivity contribution >= 4 is 0 Å². The number of nitrogens with zero attached hydrogens (tertiary/aromatic N) is 2. The van der Waals surface area contributed by atoms with E-state index in [1.165, 1.54) is 5.69 Å². The summed E-state index contributed by atoms with van der Waals surface area (Å²) in [5.41, 5.74) is 1.34. The Labute approximate surface area is 99.4 Å². The van der Waals surface area contributed by atoms with Crippen LogP contribution < -0.4 is 5.32 Å². The van der Waals surface area contributed by atoms with Crippen LogP contribution in [0.15, 0.2) is 18.3 Å². The molecule has 1 unspecified atom stereocenters. The molecule has 1 rings (SSSR count). The number of hydrogen-bond acceptors (Lipinski definition) is 2. The number of aromatic nitrogens is 1. The Morgan fingerprint density at radius 1 is 1.38 bits per heavy atom. The lowest BCUT2D eigenvalue weighted by Gasteiger charge is -2.26. The highest BCUT2D eigenvalue weighted by atomic mass is 15.2. The summed E-state index contributed by atoms with van der Waals surface area (Å²) in [5.74, 6) is 0. The Morgan fingerprint density at radius 2 is 2.06 bits per heavy atom. The molecular formula is C13H25N3. The fourth-order valence-electron chi connectivity index (χ4n) is 2.07. The molecule has 0 fully saturated rings. The van der Waals surface area contributed by atoms with E-state index in [2.05, 4.69) is 60.9 Å². The van der Waals surface area contributed by atoms with Gasteiger partial charge in [-0.15, -0.1) is 0 Å². The third kappa shape index (κ3) is 3.65. The molecule has 0 bridgehead atoms. The summed E-state index contributed by atoms with van der Waals surface area (Å²) in [6.45, 7) is 11.0. The molecule has 3 heteroatoms. The summed E-state index contributed by atoms with van der Waals surface area (Å²) >= 11 is 0. The molecule has 0 saturated carbocycles. The summed E-state index contributed by atoms with van der Waals surface area (Å²) in [6.07, 6.45) is 2.09. The van der Waals surface area contributed by atoms with Crippen LogP contribution in [0.4, 0.5) is 0 Å². The fourth-order valence-corrected chi connectivity index (χ4v) is 2.07. The molecule has 92 valence electrons. The van der Waals surface area contributed by atoms with E-state index in [0.29, 0.717) is 6.04 Å². The van der Waals surface area contributed by atoms with E-state index in [4.69, 9.17) is 0 Å². The third-order valence-corrected chi connectivity index (χ3v) is 3.23. The highest BCUT2D eigenvalue weighted by Crippen LogP contribution is 2.00. The van der Waals surface area contributed by atoms with Crippen molar-refractivity contribution in [2.75, 3.05) is 19.6 Å². The molecule has 1 aromatic heterocycles. The molecule has 0 aliphatic carbocycles. The number of nitrogens with one attached hydrogen (secondary N) is 1. The van der Waals surface area contributed by atoms with E-state index in [1.807, 2.05) is 0 Å². The SMILES string of the molecule is CCN(CC)C(C)CNCc1cccn1C. The molecular weight excluding hydrogens is 198 g/mol. The summed E-state index contributed by atoms with van der Waals surface area (Å²) in [5, 5.41) is 3.51. The van der Waals surface area contributed by atoms with Crippen molar-refractivity contribution in [3.05, 3.63) is 24.0 Å². The van der Waals surface area contributed by atoms with Crippen molar-refractivity contribution in [2.45, 2.75) is 33.4 Å². The summed E-state index contributed by atoms with van der Waals surface area (Å²) in [4.78, 5) is 2.47. The van der Waals surface area contributed by atoms with Crippen molar-refractivity contribution in [1.29, 1.82) is 0 Å². The van der Waals surface area contributed by atoms with Crippen LogP contribution in [0.3, 0.4) is 0 Å². The van der Waals surface area contributed by atoms with Crippen LogP contribution in [-0.2, 0) is 13.6 Å². The second kappa shape index (κ2) is 6.71.